The van der Waals surface area contributed by atoms with Crippen LogP contribution in [-0.4, -0.2) is 40.9 Å². The van der Waals surface area contributed by atoms with E-state index in [-0.39, 0.29) is 5.91 Å². The van der Waals surface area contributed by atoms with Crippen LogP contribution in [0.3, 0.4) is 0 Å². The molecule has 0 unspecified atom stereocenters. The summed E-state index contributed by atoms with van der Waals surface area (Å²) in [5, 5.41) is 19.2. The van der Waals surface area contributed by atoms with E-state index in [0.717, 1.165) is 11.4 Å². The smallest absolute Gasteiger partial charge is 0.256 e. The van der Waals surface area contributed by atoms with Gasteiger partial charge in [0.05, 0.1) is 28.6 Å². The van der Waals surface area contributed by atoms with Gasteiger partial charge in [-0.1, -0.05) is 0 Å². The van der Waals surface area contributed by atoms with E-state index < -0.39 is 0 Å². The molecule has 1 amide bonds. The molecule has 10 nitrogen and oxygen atoms in total. The van der Waals surface area contributed by atoms with E-state index >= 15 is 0 Å². The SMILES string of the molecule is Cc1nn(C)c2nc(-c3ccco3)cc(C(=O)Nc3ccc(-n4cnnn4)cc3)c12. The number of fused-ring (bicyclic) bond motifs is 1. The predicted octanol–water partition coefficient (Wildman–Crippen LogP) is 2.76. The van der Waals surface area contributed by atoms with E-state index in [1.165, 1.54) is 11.0 Å². The molecule has 0 spiro atoms. The molecule has 30 heavy (non-hydrogen) atoms. The number of carbonyl (C=O) groups excluding carboxylic acids is 1. The molecule has 1 aromatic carbocycles. The summed E-state index contributed by atoms with van der Waals surface area (Å²) in [7, 11) is 1.80. The summed E-state index contributed by atoms with van der Waals surface area (Å²) in [5.74, 6) is 0.317. The third-order valence-corrected chi connectivity index (χ3v) is 4.73. The van der Waals surface area contributed by atoms with Crippen LogP contribution in [-0.2, 0) is 7.05 Å². The molecule has 4 heterocycles. The van der Waals surface area contributed by atoms with Gasteiger partial charge in [-0.05, 0) is 59.8 Å². The Morgan fingerprint density at radius 3 is 2.70 bits per heavy atom. The Morgan fingerprint density at radius 1 is 1.17 bits per heavy atom. The number of furan rings is 1. The molecule has 1 N–H and O–H groups in total. The van der Waals surface area contributed by atoms with Crippen molar-refractivity contribution in [1.29, 1.82) is 0 Å². The van der Waals surface area contributed by atoms with E-state index in [2.05, 4.69) is 30.9 Å². The van der Waals surface area contributed by atoms with Crippen LogP contribution < -0.4 is 5.32 Å². The van der Waals surface area contributed by atoms with Crippen molar-refractivity contribution in [1.82, 2.24) is 35.0 Å². The van der Waals surface area contributed by atoms with Crippen LogP contribution in [0, 0.1) is 6.92 Å². The van der Waals surface area contributed by atoms with Crippen LogP contribution in [0.25, 0.3) is 28.2 Å². The normalized spacial score (nSPS) is 11.1. The van der Waals surface area contributed by atoms with Crippen molar-refractivity contribution in [2.24, 2.45) is 7.05 Å². The highest BCUT2D eigenvalue weighted by Gasteiger charge is 2.20. The maximum atomic E-state index is 13.2. The van der Waals surface area contributed by atoms with Gasteiger partial charge in [0.15, 0.2) is 11.4 Å². The van der Waals surface area contributed by atoms with Crippen LogP contribution >= 0.6 is 0 Å². The Bertz CT molecular complexity index is 1340. The molecular formula is C20H16N8O2. The maximum absolute atomic E-state index is 13.2. The fourth-order valence-electron chi connectivity index (χ4n) is 3.35. The van der Waals surface area contributed by atoms with Crippen molar-refractivity contribution >= 4 is 22.6 Å². The number of amides is 1. The summed E-state index contributed by atoms with van der Waals surface area (Å²) >= 11 is 0. The highest BCUT2D eigenvalue weighted by atomic mass is 16.3. The van der Waals surface area contributed by atoms with E-state index in [1.807, 2.05) is 19.1 Å². The van der Waals surface area contributed by atoms with E-state index in [9.17, 15) is 4.79 Å². The number of hydrogen-bond acceptors (Lipinski definition) is 7. The van der Waals surface area contributed by atoms with E-state index in [4.69, 9.17) is 4.42 Å². The standard InChI is InChI=1S/C20H16N8O2/c1-12-18-15(10-16(17-4-3-9-30-17)23-19(18)27(2)24-12)20(29)22-13-5-7-14(8-6-13)28-11-21-25-26-28/h3-11H,1-2H3,(H,22,29). The van der Waals surface area contributed by atoms with Crippen LogP contribution in [0.15, 0.2) is 59.5 Å². The van der Waals surface area contributed by atoms with Gasteiger partial charge in [-0.15, -0.1) is 5.10 Å². The van der Waals surface area contributed by atoms with Gasteiger partial charge in [0.1, 0.15) is 12.0 Å². The van der Waals surface area contributed by atoms with Gasteiger partial charge >= 0.3 is 0 Å². The average molecular weight is 400 g/mol. The molecule has 0 aliphatic heterocycles. The third-order valence-electron chi connectivity index (χ3n) is 4.73. The molecular weight excluding hydrogens is 384 g/mol. The molecule has 4 aromatic heterocycles. The Morgan fingerprint density at radius 2 is 2.00 bits per heavy atom. The third kappa shape index (κ3) is 3.00. The predicted molar refractivity (Wildman–Crippen MR) is 108 cm³/mol. The van der Waals surface area contributed by atoms with E-state index in [0.29, 0.717) is 33.7 Å². The van der Waals surface area contributed by atoms with Crippen LogP contribution in [0.1, 0.15) is 16.1 Å². The van der Waals surface area contributed by atoms with Crippen LogP contribution in [0.2, 0.25) is 0 Å². The minimum absolute atomic E-state index is 0.263. The molecule has 0 radical (unpaired) electrons. The number of rotatable bonds is 4. The Labute approximate surface area is 170 Å². The van der Waals surface area contributed by atoms with Crippen molar-refractivity contribution in [3.8, 4) is 17.1 Å². The lowest BCUT2D eigenvalue weighted by molar-refractivity contribution is 0.102. The number of aromatic nitrogens is 7. The minimum Gasteiger partial charge on any atom is -0.463 e. The first-order valence-corrected chi connectivity index (χ1v) is 9.13. The molecule has 0 atom stereocenters. The number of nitrogens with one attached hydrogen (secondary N) is 1. The monoisotopic (exact) mass is 400 g/mol. The lowest BCUT2D eigenvalue weighted by Gasteiger charge is -2.09. The van der Waals surface area contributed by atoms with Crippen molar-refractivity contribution < 1.29 is 9.21 Å². The number of pyridine rings is 1. The number of benzene rings is 1. The van der Waals surface area contributed by atoms with Gasteiger partial charge < -0.3 is 9.73 Å². The largest absolute Gasteiger partial charge is 0.463 e. The Balaban J connectivity index is 1.52. The highest BCUT2D eigenvalue weighted by Crippen LogP contribution is 2.28. The summed E-state index contributed by atoms with van der Waals surface area (Å²) in [6.45, 7) is 1.86. The van der Waals surface area contributed by atoms with Crippen LogP contribution in [0.5, 0.6) is 0 Å². The fraction of sp³-hybridized carbons (Fsp3) is 0.100. The first kappa shape index (κ1) is 17.7. The molecule has 0 saturated heterocycles. The zero-order valence-electron chi connectivity index (χ0n) is 16.1. The van der Waals surface area contributed by atoms with Crippen molar-refractivity contribution in [3.63, 3.8) is 0 Å². The second-order valence-electron chi connectivity index (χ2n) is 6.70. The fourth-order valence-corrected chi connectivity index (χ4v) is 3.35. The number of anilines is 1. The van der Waals surface area contributed by atoms with Crippen molar-refractivity contribution in [2.75, 3.05) is 5.32 Å². The van der Waals surface area contributed by atoms with Crippen molar-refractivity contribution in [2.45, 2.75) is 6.92 Å². The van der Waals surface area contributed by atoms with Crippen molar-refractivity contribution in [3.05, 3.63) is 66.3 Å². The number of tetrazole rings is 1. The summed E-state index contributed by atoms with van der Waals surface area (Å²) in [5.41, 5.74) is 3.80. The summed E-state index contributed by atoms with van der Waals surface area (Å²) in [4.78, 5) is 17.8. The second-order valence-corrected chi connectivity index (χ2v) is 6.70. The number of aryl methyl sites for hydroxylation is 2. The molecule has 5 rings (SSSR count). The second kappa shape index (κ2) is 6.92. The molecule has 10 heteroatoms. The first-order valence-electron chi connectivity index (χ1n) is 9.13. The average Bonchev–Trinajstić information content (AvgIpc) is 3.51. The molecule has 148 valence electrons. The number of carbonyl (C=O) groups is 1. The van der Waals surface area contributed by atoms with Gasteiger partial charge in [0, 0.05) is 12.7 Å². The quantitative estimate of drug-likeness (QED) is 0.493. The molecule has 0 saturated carbocycles. The molecule has 0 aliphatic carbocycles. The molecule has 5 aromatic rings. The van der Waals surface area contributed by atoms with Gasteiger partial charge in [0.25, 0.3) is 5.91 Å². The topological polar surface area (TPSA) is 117 Å². The molecule has 0 fully saturated rings. The molecule has 0 aliphatic rings. The van der Waals surface area contributed by atoms with Gasteiger partial charge in [-0.25, -0.2) is 9.67 Å². The van der Waals surface area contributed by atoms with Gasteiger partial charge in [-0.2, -0.15) is 5.10 Å². The minimum atomic E-state index is -0.263. The summed E-state index contributed by atoms with van der Waals surface area (Å²) in [6.07, 6.45) is 3.07. The van der Waals surface area contributed by atoms with Gasteiger partial charge in [-0.3, -0.25) is 9.48 Å². The lowest BCUT2D eigenvalue weighted by atomic mass is 10.1. The number of hydrogen-bond donors (Lipinski definition) is 1. The van der Waals surface area contributed by atoms with E-state index in [1.54, 1.807) is 48.3 Å². The Hall–Kier alpha value is -4.34. The zero-order valence-corrected chi connectivity index (χ0v) is 16.1. The highest BCUT2D eigenvalue weighted by molar-refractivity contribution is 6.13. The molecule has 0 bridgehead atoms. The maximum Gasteiger partial charge on any atom is 0.256 e. The Kier molecular flexibility index (Phi) is 4.09. The van der Waals surface area contributed by atoms with Gasteiger partial charge in [0.2, 0.25) is 0 Å². The number of nitrogens with zero attached hydrogens (tertiary/aromatic N) is 7. The summed E-state index contributed by atoms with van der Waals surface area (Å²) < 4.78 is 8.67. The van der Waals surface area contributed by atoms with Crippen LogP contribution in [0.4, 0.5) is 5.69 Å². The first-order chi connectivity index (χ1) is 14.6. The lowest BCUT2D eigenvalue weighted by Crippen LogP contribution is -2.13. The zero-order chi connectivity index (χ0) is 20.7. The summed E-state index contributed by atoms with van der Waals surface area (Å²) in [6, 6.07) is 12.5.